The maximum atomic E-state index is 8.45. The summed E-state index contributed by atoms with van der Waals surface area (Å²) >= 11 is 1.93. The van der Waals surface area contributed by atoms with E-state index in [1.807, 2.05) is 17.2 Å². The van der Waals surface area contributed by atoms with E-state index < -0.39 is 0 Å². The summed E-state index contributed by atoms with van der Waals surface area (Å²) < 4.78 is 0. The summed E-state index contributed by atoms with van der Waals surface area (Å²) in [6, 6.07) is 0.294. The van der Waals surface area contributed by atoms with Crippen LogP contribution in [0.25, 0.3) is 0 Å². The van der Waals surface area contributed by atoms with Gasteiger partial charge in [-0.05, 0) is 31.9 Å². The predicted molar refractivity (Wildman–Crippen MR) is 56.1 cm³/mol. The summed E-state index contributed by atoms with van der Waals surface area (Å²) in [7, 11) is 0. The Labute approximate surface area is 82.9 Å². The van der Waals surface area contributed by atoms with Gasteiger partial charge in [-0.15, -0.1) is 0 Å². The molecule has 0 spiro atoms. The zero-order valence-electron chi connectivity index (χ0n) is 7.86. The number of guanidine groups is 1. The molecular weight excluding hydrogens is 186 g/mol. The first-order valence-electron chi connectivity index (χ1n) is 4.52. The second kappa shape index (κ2) is 5.34. The van der Waals surface area contributed by atoms with Gasteiger partial charge < -0.3 is 5.73 Å². The summed E-state index contributed by atoms with van der Waals surface area (Å²) in [5, 5.41) is 9.24. The summed E-state index contributed by atoms with van der Waals surface area (Å²) in [6.07, 6.45) is 6.71. The predicted octanol–water partition coefficient (Wildman–Crippen LogP) is 0.954. The third kappa shape index (κ3) is 3.44. The van der Waals surface area contributed by atoms with E-state index in [1.54, 1.807) is 0 Å². The van der Waals surface area contributed by atoms with Gasteiger partial charge >= 0.3 is 0 Å². The fourth-order valence-corrected chi connectivity index (χ4v) is 2.38. The first-order chi connectivity index (χ1) is 6.26. The lowest BCUT2D eigenvalue weighted by Crippen LogP contribution is -2.31. The van der Waals surface area contributed by atoms with Crippen molar-refractivity contribution in [1.82, 2.24) is 5.48 Å². The number of hydrogen-bond donors (Lipinski definition) is 3. The molecule has 0 radical (unpaired) electrons. The fourth-order valence-electron chi connectivity index (χ4n) is 1.64. The highest BCUT2D eigenvalue weighted by atomic mass is 32.2. The van der Waals surface area contributed by atoms with Crippen molar-refractivity contribution in [2.75, 3.05) is 6.26 Å². The normalized spacial score (nSPS) is 30.2. The number of nitrogens with one attached hydrogen (secondary N) is 1. The lowest BCUT2D eigenvalue weighted by atomic mass is 9.95. The summed E-state index contributed by atoms with van der Waals surface area (Å²) in [5.74, 6) is 0.132. The van der Waals surface area contributed by atoms with Crippen molar-refractivity contribution in [3.8, 4) is 0 Å². The maximum absolute atomic E-state index is 8.45. The van der Waals surface area contributed by atoms with Crippen molar-refractivity contribution in [3.63, 3.8) is 0 Å². The molecule has 0 amide bonds. The average molecular weight is 203 g/mol. The Bertz CT molecular complexity index is 178. The molecule has 1 aliphatic carbocycles. The van der Waals surface area contributed by atoms with Gasteiger partial charge in [0.15, 0.2) is 0 Å². The number of rotatable bonds is 2. The molecular formula is C8H17N3OS. The number of hydroxylamine groups is 1. The molecule has 13 heavy (non-hydrogen) atoms. The highest BCUT2D eigenvalue weighted by molar-refractivity contribution is 7.99. The van der Waals surface area contributed by atoms with Gasteiger partial charge in [0.25, 0.3) is 0 Å². The van der Waals surface area contributed by atoms with E-state index in [0.29, 0.717) is 6.04 Å². The second-order valence-corrected chi connectivity index (χ2v) is 4.43. The van der Waals surface area contributed by atoms with Gasteiger partial charge in [0.05, 0.1) is 6.04 Å². The summed E-state index contributed by atoms with van der Waals surface area (Å²) in [4.78, 5) is 4.15. The van der Waals surface area contributed by atoms with Gasteiger partial charge in [0, 0.05) is 5.25 Å². The van der Waals surface area contributed by atoms with Crippen LogP contribution in [0.4, 0.5) is 0 Å². The minimum atomic E-state index is 0.132. The van der Waals surface area contributed by atoms with E-state index in [4.69, 9.17) is 10.9 Å². The Morgan fingerprint density at radius 1 is 1.46 bits per heavy atom. The highest BCUT2D eigenvalue weighted by Gasteiger charge is 2.19. The topological polar surface area (TPSA) is 70.6 Å². The molecule has 1 saturated carbocycles. The SMILES string of the molecule is CSC1CCC(N=C(N)NO)CC1. The molecule has 0 atom stereocenters. The van der Waals surface area contributed by atoms with Crippen molar-refractivity contribution in [3.05, 3.63) is 0 Å². The van der Waals surface area contributed by atoms with E-state index in [1.165, 1.54) is 12.8 Å². The molecule has 4 N–H and O–H groups in total. The number of nitrogens with zero attached hydrogens (tertiary/aromatic N) is 1. The van der Waals surface area contributed by atoms with Crippen LogP contribution in [0.1, 0.15) is 25.7 Å². The molecule has 0 heterocycles. The van der Waals surface area contributed by atoms with Crippen LogP contribution in [-0.2, 0) is 0 Å². The fraction of sp³-hybridized carbons (Fsp3) is 0.875. The Morgan fingerprint density at radius 3 is 2.54 bits per heavy atom. The molecule has 0 aromatic rings. The lowest BCUT2D eigenvalue weighted by Gasteiger charge is -2.24. The van der Waals surface area contributed by atoms with Gasteiger partial charge in [-0.25, -0.2) is 10.5 Å². The van der Waals surface area contributed by atoms with E-state index >= 15 is 0 Å². The van der Waals surface area contributed by atoms with Crippen LogP contribution in [0, 0.1) is 0 Å². The number of aliphatic imine (C=N–C) groups is 1. The second-order valence-electron chi connectivity index (χ2n) is 3.29. The van der Waals surface area contributed by atoms with Crippen LogP contribution in [0.2, 0.25) is 0 Å². The number of nitrogens with two attached hydrogens (primary N) is 1. The molecule has 0 unspecified atom stereocenters. The standard InChI is InChI=1S/C8H17N3OS/c1-13-7-4-2-6(3-5-7)10-8(9)11-12/h6-7,12H,2-5H2,1H3,(H3,9,10,11). The van der Waals surface area contributed by atoms with Crippen LogP contribution >= 0.6 is 11.8 Å². The zero-order valence-corrected chi connectivity index (χ0v) is 8.68. The Morgan fingerprint density at radius 2 is 2.08 bits per heavy atom. The Balaban J connectivity index is 2.32. The lowest BCUT2D eigenvalue weighted by molar-refractivity contribution is 0.231. The molecule has 5 heteroatoms. The van der Waals surface area contributed by atoms with Crippen LogP contribution in [0.5, 0.6) is 0 Å². The molecule has 0 aromatic carbocycles. The monoisotopic (exact) mass is 203 g/mol. The average Bonchev–Trinajstić information content (AvgIpc) is 2.19. The Kier molecular flexibility index (Phi) is 4.38. The van der Waals surface area contributed by atoms with Crippen LogP contribution in [0.15, 0.2) is 4.99 Å². The molecule has 1 aliphatic rings. The van der Waals surface area contributed by atoms with Gasteiger partial charge in [0.2, 0.25) is 5.96 Å². The van der Waals surface area contributed by atoms with Crippen LogP contribution < -0.4 is 11.2 Å². The molecule has 0 saturated heterocycles. The van der Waals surface area contributed by atoms with Crippen molar-refractivity contribution < 1.29 is 5.21 Å². The summed E-state index contributed by atoms with van der Waals surface area (Å²) in [5.41, 5.74) is 7.21. The van der Waals surface area contributed by atoms with Gasteiger partial charge in [-0.2, -0.15) is 11.8 Å². The van der Waals surface area contributed by atoms with Crippen LogP contribution in [-0.4, -0.2) is 28.7 Å². The molecule has 0 aromatic heterocycles. The van der Waals surface area contributed by atoms with E-state index in [2.05, 4.69) is 11.2 Å². The minimum absolute atomic E-state index is 0.132. The molecule has 76 valence electrons. The van der Waals surface area contributed by atoms with Crippen molar-refractivity contribution in [2.45, 2.75) is 37.0 Å². The van der Waals surface area contributed by atoms with E-state index in [0.717, 1.165) is 18.1 Å². The highest BCUT2D eigenvalue weighted by Crippen LogP contribution is 2.28. The van der Waals surface area contributed by atoms with Gasteiger partial charge in [-0.1, -0.05) is 0 Å². The minimum Gasteiger partial charge on any atom is -0.368 e. The Hall–Kier alpha value is -0.420. The molecule has 1 rings (SSSR count). The molecule has 1 fully saturated rings. The van der Waals surface area contributed by atoms with Crippen LogP contribution in [0.3, 0.4) is 0 Å². The third-order valence-corrected chi connectivity index (χ3v) is 3.55. The van der Waals surface area contributed by atoms with Crippen molar-refractivity contribution in [2.24, 2.45) is 10.7 Å². The van der Waals surface area contributed by atoms with E-state index in [9.17, 15) is 0 Å². The van der Waals surface area contributed by atoms with E-state index in [-0.39, 0.29) is 5.96 Å². The van der Waals surface area contributed by atoms with Gasteiger partial charge in [0.1, 0.15) is 0 Å². The number of thioether (sulfide) groups is 1. The van der Waals surface area contributed by atoms with Crippen molar-refractivity contribution >= 4 is 17.7 Å². The largest absolute Gasteiger partial charge is 0.368 e. The molecule has 4 nitrogen and oxygen atoms in total. The first-order valence-corrected chi connectivity index (χ1v) is 5.81. The first kappa shape index (κ1) is 10.7. The quantitative estimate of drug-likeness (QED) is 0.355. The molecule has 0 bridgehead atoms. The zero-order chi connectivity index (χ0) is 9.68. The van der Waals surface area contributed by atoms with Gasteiger partial charge in [-0.3, -0.25) is 5.21 Å². The summed E-state index contributed by atoms with van der Waals surface area (Å²) in [6.45, 7) is 0. The third-order valence-electron chi connectivity index (χ3n) is 2.41. The number of hydrogen-bond acceptors (Lipinski definition) is 3. The smallest absolute Gasteiger partial charge is 0.213 e. The maximum Gasteiger partial charge on any atom is 0.213 e. The molecule has 0 aliphatic heterocycles. The van der Waals surface area contributed by atoms with Crippen molar-refractivity contribution in [1.29, 1.82) is 0 Å².